The molecule has 35 heavy (non-hydrogen) atoms. The number of hydrogen-bond donors (Lipinski definition) is 0. The van der Waals surface area contributed by atoms with Crippen LogP contribution in [0.15, 0.2) is 60.9 Å². The van der Waals surface area contributed by atoms with Gasteiger partial charge in [-0.2, -0.15) is 10.4 Å². The molecule has 1 saturated carbocycles. The van der Waals surface area contributed by atoms with Crippen LogP contribution in [0, 0.1) is 16.7 Å². The van der Waals surface area contributed by atoms with Gasteiger partial charge < -0.3 is 9.47 Å². The van der Waals surface area contributed by atoms with Gasteiger partial charge in [0.25, 0.3) is 0 Å². The van der Waals surface area contributed by atoms with Crippen molar-refractivity contribution >= 4 is 10.9 Å². The molecule has 4 aromatic rings. The summed E-state index contributed by atoms with van der Waals surface area (Å²) in [6.07, 6.45) is 9.15. The second-order valence-corrected chi connectivity index (χ2v) is 10.3. The van der Waals surface area contributed by atoms with Crippen molar-refractivity contribution in [2.75, 3.05) is 13.2 Å². The number of fused-ring (bicyclic) bond motifs is 2. The Morgan fingerprint density at radius 1 is 1.09 bits per heavy atom. The van der Waals surface area contributed by atoms with Crippen LogP contribution in [0.4, 0.5) is 0 Å². The normalized spacial score (nSPS) is 20.6. The number of hydrogen-bond acceptors (Lipinski definition) is 5. The summed E-state index contributed by atoms with van der Waals surface area (Å²) in [4.78, 5) is 4.68. The number of ether oxygens (including phenoxy) is 2. The SMILES string of the molecule is N#Cc1ccc2c(c1)CCC[C@@H]2Oc1ccc2cnn(-c3ccnc(C4CC5(COC5)C4)c3)c2c1. The lowest BCUT2D eigenvalue weighted by Crippen LogP contribution is -2.51. The fourth-order valence-corrected chi connectivity index (χ4v) is 6.02. The van der Waals surface area contributed by atoms with Crippen molar-refractivity contribution in [3.63, 3.8) is 0 Å². The van der Waals surface area contributed by atoms with Gasteiger partial charge in [-0.25, -0.2) is 4.68 Å². The standard InChI is InChI=1S/C29H26N4O2/c30-15-19-4-7-25-20(10-19)2-1-3-28(25)35-24-6-5-21-16-32-33(27(21)12-24)23-8-9-31-26(11-23)22-13-29(14-22)17-34-18-29/h4-12,16,22,28H,1-3,13-14,17-18H2/t28-/m0/s1. The zero-order chi connectivity index (χ0) is 23.4. The fraction of sp³-hybridized carbons (Fsp3) is 0.345. The van der Waals surface area contributed by atoms with Crippen molar-refractivity contribution in [3.05, 3.63) is 83.3 Å². The Hall–Kier alpha value is -3.69. The molecular weight excluding hydrogens is 436 g/mol. The molecule has 1 atom stereocenters. The van der Waals surface area contributed by atoms with Gasteiger partial charge in [0.2, 0.25) is 0 Å². The molecular formula is C29H26N4O2. The molecule has 7 rings (SSSR count). The van der Waals surface area contributed by atoms with Crippen LogP contribution in [0.2, 0.25) is 0 Å². The minimum atomic E-state index is -0.00531. The lowest BCUT2D eigenvalue weighted by atomic mass is 9.60. The van der Waals surface area contributed by atoms with Crippen LogP contribution < -0.4 is 4.74 Å². The number of nitriles is 1. The molecule has 1 spiro atoms. The molecule has 6 heteroatoms. The first-order chi connectivity index (χ1) is 17.2. The summed E-state index contributed by atoms with van der Waals surface area (Å²) in [5, 5.41) is 15.0. The van der Waals surface area contributed by atoms with Crippen LogP contribution in [0.25, 0.3) is 16.6 Å². The van der Waals surface area contributed by atoms with Crippen molar-refractivity contribution in [2.24, 2.45) is 5.41 Å². The van der Waals surface area contributed by atoms with Crippen LogP contribution in [-0.2, 0) is 11.2 Å². The topological polar surface area (TPSA) is 73.0 Å². The first kappa shape index (κ1) is 20.7. The highest BCUT2D eigenvalue weighted by molar-refractivity contribution is 5.81. The molecule has 1 saturated heterocycles. The van der Waals surface area contributed by atoms with E-state index in [0.29, 0.717) is 16.9 Å². The number of aryl methyl sites for hydroxylation is 1. The highest BCUT2D eigenvalue weighted by Gasteiger charge is 2.50. The van der Waals surface area contributed by atoms with E-state index in [1.54, 1.807) is 0 Å². The first-order valence-electron chi connectivity index (χ1n) is 12.4. The highest BCUT2D eigenvalue weighted by Crippen LogP contribution is 2.54. The van der Waals surface area contributed by atoms with Gasteiger partial charge in [0, 0.05) is 34.7 Å². The third kappa shape index (κ3) is 3.50. The molecule has 3 heterocycles. The van der Waals surface area contributed by atoms with E-state index in [2.05, 4.69) is 35.3 Å². The molecule has 6 nitrogen and oxygen atoms in total. The van der Waals surface area contributed by atoms with Crippen LogP contribution in [-0.4, -0.2) is 28.0 Å². The van der Waals surface area contributed by atoms with Gasteiger partial charge in [-0.05, 0) is 79.6 Å². The number of pyridine rings is 1. The molecule has 0 N–H and O–H groups in total. The molecule has 1 aliphatic heterocycles. The molecule has 2 aromatic heterocycles. The summed E-state index contributed by atoms with van der Waals surface area (Å²) >= 11 is 0. The summed E-state index contributed by atoms with van der Waals surface area (Å²) < 4.78 is 13.9. The summed E-state index contributed by atoms with van der Waals surface area (Å²) in [5.41, 5.74) is 6.74. The lowest BCUT2D eigenvalue weighted by Gasteiger charge is -2.53. The maximum atomic E-state index is 9.24. The number of nitrogens with zero attached hydrogens (tertiary/aromatic N) is 4. The smallest absolute Gasteiger partial charge is 0.124 e. The van der Waals surface area contributed by atoms with Crippen molar-refractivity contribution < 1.29 is 9.47 Å². The lowest BCUT2D eigenvalue weighted by molar-refractivity contribution is -0.164. The van der Waals surface area contributed by atoms with E-state index in [1.807, 2.05) is 41.3 Å². The summed E-state index contributed by atoms with van der Waals surface area (Å²) in [7, 11) is 0. The second kappa shape index (κ2) is 7.93. The predicted octanol–water partition coefficient (Wildman–Crippen LogP) is 5.64. The second-order valence-electron chi connectivity index (χ2n) is 10.3. The van der Waals surface area contributed by atoms with E-state index in [1.165, 1.54) is 24.0 Å². The zero-order valence-corrected chi connectivity index (χ0v) is 19.5. The Morgan fingerprint density at radius 2 is 2.00 bits per heavy atom. The number of aromatic nitrogens is 3. The third-order valence-corrected chi connectivity index (χ3v) is 7.95. The molecule has 0 amide bonds. The van der Waals surface area contributed by atoms with E-state index in [-0.39, 0.29) is 6.10 Å². The fourth-order valence-electron chi connectivity index (χ4n) is 6.02. The van der Waals surface area contributed by atoms with Crippen molar-refractivity contribution in [2.45, 2.75) is 44.1 Å². The number of rotatable bonds is 4. The van der Waals surface area contributed by atoms with E-state index >= 15 is 0 Å². The average Bonchev–Trinajstić information content (AvgIpc) is 3.26. The van der Waals surface area contributed by atoms with Crippen LogP contribution in [0.3, 0.4) is 0 Å². The molecule has 2 fully saturated rings. The average molecular weight is 463 g/mol. The Morgan fingerprint density at radius 3 is 2.83 bits per heavy atom. The molecule has 0 radical (unpaired) electrons. The number of benzene rings is 2. The Kier molecular flexibility index (Phi) is 4.68. The van der Waals surface area contributed by atoms with Gasteiger partial charge in [-0.1, -0.05) is 6.07 Å². The van der Waals surface area contributed by atoms with Gasteiger partial charge >= 0.3 is 0 Å². The third-order valence-electron chi connectivity index (χ3n) is 7.95. The van der Waals surface area contributed by atoms with Crippen molar-refractivity contribution in [3.8, 4) is 17.5 Å². The maximum Gasteiger partial charge on any atom is 0.124 e. The van der Waals surface area contributed by atoms with Gasteiger partial charge in [0.1, 0.15) is 11.9 Å². The van der Waals surface area contributed by atoms with Gasteiger partial charge in [0.05, 0.1) is 42.2 Å². The van der Waals surface area contributed by atoms with Crippen molar-refractivity contribution in [1.29, 1.82) is 5.26 Å². The van der Waals surface area contributed by atoms with E-state index < -0.39 is 0 Å². The molecule has 2 aliphatic carbocycles. The molecule has 0 bridgehead atoms. The minimum absolute atomic E-state index is 0.00531. The molecule has 174 valence electrons. The Balaban J connectivity index is 1.17. The maximum absolute atomic E-state index is 9.24. The van der Waals surface area contributed by atoms with Gasteiger partial charge in [-0.3, -0.25) is 4.98 Å². The van der Waals surface area contributed by atoms with Gasteiger partial charge in [-0.15, -0.1) is 0 Å². The monoisotopic (exact) mass is 462 g/mol. The summed E-state index contributed by atoms with van der Waals surface area (Å²) in [6, 6.07) is 18.6. The van der Waals surface area contributed by atoms with Crippen LogP contribution in [0.5, 0.6) is 5.75 Å². The Bertz CT molecular complexity index is 1470. The quantitative estimate of drug-likeness (QED) is 0.392. The minimum Gasteiger partial charge on any atom is -0.486 e. The zero-order valence-electron chi connectivity index (χ0n) is 19.5. The largest absolute Gasteiger partial charge is 0.486 e. The molecule has 2 aromatic carbocycles. The Labute approximate surface area is 204 Å². The highest BCUT2D eigenvalue weighted by atomic mass is 16.5. The predicted molar refractivity (Wildman–Crippen MR) is 132 cm³/mol. The summed E-state index contributed by atoms with van der Waals surface area (Å²) in [5.74, 6) is 1.34. The first-order valence-corrected chi connectivity index (χ1v) is 12.4. The van der Waals surface area contributed by atoms with Crippen LogP contribution >= 0.6 is 0 Å². The molecule has 3 aliphatic rings. The van der Waals surface area contributed by atoms with Gasteiger partial charge in [0.15, 0.2) is 0 Å². The van der Waals surface area contributed by atoms with E-state index in [9.17, 15) is 5.26 Å². The summed E-state index contributed by atoms with van der Waals surface area (Å²) in [6.45, 7) is 1.81. The molecule has 0 unspecified atom stereocenters. The van der Waals surface area contributed by atoms with E-state index in [4.69, 9.17) is 14.6 Å². The van der Waals surface area contributed by atoms with Crippen molar-refractivity contribution in [1.82, 2.24) is 14.8 Å². The van der Waals surface area contributed by atoms with E-state index in [0.717, 1.165) is 60.5 Å². The van der Waals surface area contributed by atoms with Crippen LogP contribution in [0.1, 0.15) is 60.1 Å².